The van der Waals surface area contributed by atoms with Gasteiger partial charge in [-0.05, 0) is 66.2 Å². The number of ether oxygens (including phenoxy) is 1. The summed E-state index contributed by atoms with van der Waals surface area (Å²) in [6.07, 6.45) is 5.33. The highest BCUT2D eigenvalue weighted by atomic mass is 32.1. The molecule has 2 amide bonds. The van der Waals surface area contributed by atoms with Crippen molar-refractivity contribution in [3.8, 4) is 5.75 Å². The van der Waals surface area contributed by atoms with Gasteiger partial charge >= 0.3 is 0 Å². The van der Waals surface area contributed by atoms with Crippen molar-refractivity contribution in [1.82, 2.24) is 5.32 Å². The van der Waals surface area contributed by atoms with E-state index < -0.39 is 11.9 Å². The van der Waals surface area contributed by atoms with Gasteiger partial charge in [-0.25, -0.2) is 4.39 Å². The number of hydrogen-bond acceptors (Lipinski definition) is 4. The third kappa shape index (κ3) is 5.83. The van der Waals surface area contributed by atoms with Crippen LogP contribution in [0.3, 0.4) is 0 Å². The van der Waals surface area contributed by atoms with E-state index in [-0.39, 0.29) is 24.3 Å². The van der Waals surface area contributed by atoms with E-state index in [0.29, 0.717) is 17.0 Å². The number of nitrogens with zero attached hydrogens (tertiary/aromatic N) is 1. The minimum Gasteiger partial charge on any atom is -0.497 e. The second-order valence-corrected chi connectivity index (χ2v) is 9.55. The fraction of sp³-hybridized carbons (Fsp3) is 0.333. The second kappa shape index (κ2) is 11.3. The molecule has 0 aliphatic heterocycles. The Morgan fingerprint density at radius 3 is 2.53 bits per heavy atom. The van der Waals surface area contributed by atoms with Crippen LogP contribution in [0.2, 0.25) is 0 Å². The lowest BCUT2D eigenvalue weighted by molar-refractivity contribution is -0.127. The SMILES string of the molecule is COc1cccc(C(C(=O)NC2CCCCC2)N(C(=O)Cc2cccs2)c2ccc(F)cc2)c1. The second-order valence-electron chi connectivity index (χ2n) is 8.52. The molecule has 4 rings (SSSR count). The minimum atomic E-state index is -0.921. The molecule has 1 unspecified atom stereocenters. The van der Waals surface area contributed by atoms with E-state index in [4.69, 9.17) is 4.74 Å². The van der Waals surface area contributed by atoms with Gasteiger partial charge in [0.15, 0.2) is 0 Å². The number of rotatable bonds is 8. The van der Waals surface area contributed by atoms with Gasteiger partial charge in [0.25, 0.3) is 0 Å². The third-order valence-corrected chi connectivity index (χ3v) is 7.02. The first-order chi connectivity index (χ1) is 16.5. The van der Waals surface area contributed by atoms with Crippen molar-refractivity contribution < 1.29 is 18.7 Å². The summed E-state index contributed by atoms with van der Waals surface area (Å²) < 4.78 is 19.1. The summed E-state index contributed by atoms with van der Waals surface area (Å²) in [5.41, 5.74) is 1.10. The molecule has 1 fully saturated rings. The zero-order valence-corrected chi connectivity index (χ0v) is 20.0. The molecule has 5 nitrogen and oxygen atoms in total. The van der Waals surface area contributed by atoms with Gasteiger partial charge in [-0.15, -0.1) is 11.3 Å². The molecule has 1 atom stereocenters. The Bertz CT molecular complexity index is 1100. The van der Waals surface area contributed by atoms with Crippen molar-refractivity contribution in [2.75, 3.05) is 12.0 Å². The standard InChI is InChI=1S/C27H29FN2O3S/c1-33-23-10-5-7-19(17-23)26(27(32)29-21-8-3-2-4-9-21)30(22-14-12-20(28)13-15-22)25(31)18-24-11-6-16-34-24/h5-7,10-17,21,26H,2-4,8-9,18H2,1H3,(H,29,32). The summed E-state index contributed by atoms with van der Waals surface area (Å²) in [7, 11) is 1.57. The summed E-state index contributed by atoms with van der Waals surface area (Å²) >= 11 is 1.49. The average Bonchev–Trinajstić information content (AvgIpc) is 3.36. The Labute approximate surface area is 203 Å². The fourth-order valence-corrected chi connectivity index (χ4v) is 5.14. The predicted octanol–water partition coefficient (Wildman–Crippen LogP) is 5.66. The summed E-state index contributed by atoms with van der Waals surface area (Å²) in [5.74, 6) is -0.290. The lowest BCUT2D eigenvalue weighted by Crippen LogP contribution is -2.47. The molecule has 1 N–H and O–H groups in total. The quantitative estimate of drug-likeness (QED) is 0.453. The number of halogens is 1. The molecular formula is C27H29FN2O3S. The number of nitrogens with one attached hydrogen (secondary N) is 1. The van der Waals surface area contributed by atoms with Gasteiger partial charge in [0.05, 0.1) is 13.5 Å². The van der Waals surface area contributed by atoms with Gasteiger partial charge in [-0.2, -0.15) is 0 Å². The number of carbonyl (C=O) groups is 2. The number of amides is 2. The Kier molecular flexibility index (Phi) is 7.95. The number of thiophene rings is 1. The lowest BCUT2D eigenvalue weighted by Gasteiger charge is -2.33. The van der Waals surface area contributed by atoms with Crippen LogP contribution < -0.4 is 15.0 Å². The average molecular weight is 481 g/mol. The van der Waals surface area contributed by atoms with E-state index in [9.17, 15) is 14.0 Å². The minimum absolute atomic E-state index is 0.0804. The van der Waals surface area contributed by atoms with Crippen LogP contribution >= 0.6 is 11.3 Å². The monoisotopic (exact) mass is 480 g/mol. The molecule has 2 aromatic carbocycles. The first-order valence-electron chi connectivity index (χ1n) is 11.6. The van der Waals surface area contributed by atoms with Crippen LogP contribution in [-0.4, -0.2) is 25.0 Å². The van der Waals surface area contributed by atoms with Gasteiger partial charge in [-0.3, -0.25) is 14.5 Å². The summed E-state index contributed by atoms with van der Waals surface area (Å²) in [4.78, 5) is 29.9. The van der Waals surface area contributed by atoms with Crippen LogP contribution in [0.15, 0.2) is 66.0 Å². The van der Waals surface area contributed by atoms with Crippen molar-refractivity contribution in [2.24, 2.45) is 0 Å². The number of carbonyl (C=O) groups excluding carboxylic acids is 2. The molecule has 1 saturated carbocycles. The largest absolute Gasteiger partial charge is 0.497 e. The maximum atomic E-state index is 13.8. The van der Waals surface area contributed by atoms with Gasteiger partial charge in [-0.1, -0.05) is 37.5 Å². The Morgan fingerprint density at radius 1 is 1.09 bits per heavy atom. The molecular weight excluding hydrogens is 451 g/mol. The smallest absolute Gasteiger partial charge is 0.248 e. The highest BCUT2D eigenvalue weighted by Crippen LogP contribution is 2.32. The third-order valence-electron chi connectivity index (χ3n) is 6.15. The molecule has 0 saturated heterocycles. The number of hydrogen-bond donors (Lipinski definition) is 1. The van der Waals surface area contributed by atoms with Gasteiger partial charge < -0.3 is 10.1 Å². The van der Waals surface area contributed by atoms with Crippen molar-refractivity contribution in [3.05, 3.63) is 82.3 Å². The molecule has 1 aliphatic rings. The number of methoxy groups -OCH3 is 1. The van der Waals surface area contributed by atoms with Crippen molar-refractivity contribution >= 4 is 28.8 Å². The van der Waals surface area contributed by atoms with Crippen LogP contribution in [0.25, 0.3) is 0 Å². The normalized spacial score (nSPS) is 14.9. The molecule has 0 radical (unpaired) electrons. The highest BCUT2D eigenvalue weighted by molar-refractivity contribution is 7.10. The summed E-state index contributed by atoms with van der Waals surface area (Å²) in [5, 5.41) is 5.10. The molecule has 1 aliphatic carbocycles. The maximum absolute atomic E-state index is 13.8. The van der Waals surface area contributed by atoms with E-state index in [1.807, 2.05) is 29.6 Å². The van der Waals surface area contributed by atoms with Gasteiger partial charge in [0.1, 0.15) is 17.6 Å². The van der Waals surface area contributed by atoms with E-state index in [1.165, 1.54) is 34.8 Å². The van der Waals surface area contributed by atoms with Crippen LogP contribution in [-0.2, 0) is 16.0 Å². The summed E-state index contributed by atoms with van der Waals surface area (Å²) in [6, 6.07) is 15.9. The number of benzene rings is 2. The Hall–Kier alpha value is -3.19. The molecule has 0 spiro atoms. The molecule has 1 heterocycles. The summed E-state index contributed by atoms with van der Waals surface area (Å²) in [6.45, 7) is 0. The number of anilines is 1. The Balaban J connectivity index is 1.75. The van der Waals surface area contributed by atoms with Crippen LogP contribution in [0.5, 0.6) is 5.75 Å². The van der Waals surface area contributed by atoms with E-state index in [2.05, 4.69) is 5.32 Å². The fourth-order valence-electron chi connectivity index (χ4n) is 4.44. The van der Waals surface area contributed by atoms with E-state index >= 15 is 0 Å². The highest BCUT2D eigenvalue weighted by Gasteiger charge is 2.34. The first kappa shape index (κ1) is 24.0. The van der Waals surface area contributed by atoms with E-state index in [0.717, 1.165) is 30.6 Å². The van der Waals surface area contributed by atoms with Crippen molar-refractivity contribution in [2.45, 2.75) is 50.6 Å². The molecule has 3 aromatic rings. The molecule has 7 heteroatoms. The van der Waals surface area contributed by atoms with Crippen LogP contribution in [0, 0.1) is 5.82 Å². The van der Waals surface area contributed by atoms with Gasteiger partial charge in [0, 0.05) is 16.6 Å². The molecule has 34 heavy (non-hydrogen) atoms. The van der Waals surface area contributed by atoms with Crippen molar-refractivity contribution in [1.29, 1.82) is 0 Å². The maximum Gasteiger partial charge on any atom is 0.248 e. The Morgan fingerprint density at radius 2 is 1.85 bits per heavy atom. The van der Waals surface area contributed by atoms with E-state index in [1.54, 1.807) is 31.4 Å². The molecule has 1 aromatic heterocycles. The van der Waals surface area contributed by atoms with Crippen LogP contribution in [0.4, 0.5) is 10.1 Å². The predicted molar refractivity (Wildman–Crippen MR) is 133 cm³/mol. The lowest BCUT2D eigenvalue weighted by atomic mass is 9.94. The van der Waals surface area contributed by atoms with Gasteiger partial charge in [0.2, 0.25) is 11.8 Å². The van der Waals surface area contributed by atoms with Crippen LogP contribution in [0.1, 0.15) is 48.6 Å². The zero-order valence-electron chi connectivity index (χ0n) is 19.2. The topological polar surface area (TPSA) is 58.6 Å². The first-order valence-corrected chi connectivity index (χ1v) is 12.5. The van der Waals surface area contributed by atoms with Crippen molar-refractivity contribution in [3.63, 3.8) is 0 Å². The molecule has 178 valence electrons. The zero-order chi connectivity index (χ0) is 23.9. The molecule has 0 bridgehead atoms.